The van der Waals surface area contributed by atoms with E-state index in [0.29, 0.717) is 0 Å². The minimum atomic E-state index is 1.11. The first-order valence-electron chi connectivity index (χ1n) is 17.5. The molecule has 0 saturated carbocycles. The van der Waals surface area contributed by atoms with Crippen molar-refractivity contribution in [3.05, 3.63) is 194 Å². The van der Waals surface area contributed by atoms with E-state index in [1.807, 2.05) is 22.7 Å². The zero-order chi connectivity index (χ0) is 34.4. The van der Waals surface area contributed by atoms with E-state index in [2.05, 4.69) is 204 Å². The van der Waals surface area contributed by atoms with E-state index in [1.54, 1.807) is 0 Å². The van der Waals surface area contributed by atoms with Crippen LogP contribution in [0.25, 0.3) is 51.5 Å². The number of anilines is 6. The summed E-state index contributed by atoms with van der Waals surface area (Å²) in [4.78, 5) is 4.77. The summed E-state index contributed by atoms with van der Waals surface area (Å²) in [6.07, 6.45) is 0. The maximum absolute atomic E-state index is 2.40. The SMILES string of the molecule is c1ccc(N(c2cccc(-c3ccccc3N(c3ccccc3)c3ccc4c(c3)sc3ccccc34)c2)c2ccc3c(c2)sc2ccccc23)cc1. The van der Waals surface area contributed by atoms with Gasteiger partial charge in [-0.2, -0.15) is 0 Å². The molecule has 0 aliphatic heterocycles. The van der Waals surface area contributed by atoms with E-state index in [1.165, 1.54) is 40.3 Å². The molecule has 0 fully saturated rings. The molecule has 0 bridgehead atoms. The molecule has 10 rings (SSSR count). The fraction of sp³-hybridized carbons (Fsp3) is 0. The molecular weight excluding hydrogens is 669 g/mol. The zero-order valence-corrected chi connectivity index (χ0v) is 29.8. The van der Waals surface area contributed by atoms with Crippen LogP contribution < -0.4 is 9.80 Å². The predicted octanol–water partition coefficient (Wildman–Crippen LogP) is 15.0. The van der Waals surface area contributed by atoms with Gasteiger partial charge in [0.1, 0.15) is 0 Å². The van der Waals surface area contributed by atoms with Crippen LogP contribution in [0.5, 0.6) is 0 Å². The molecule has 0 amide bonds. The van der Waals surface area contributed by atoms with E-state index in [4.69, 9.17) is 0 Å². The highest BCUT2D eigenvalue weighted by Crippen LogP contribution is 2.45. The molecule has 8 aromatic carbocycles. The third-order valence-corrected chi connectivity index (χ3v) is 12.1. The Kier molecular flexibility index (Phi) is 7.56. The maximum atomic E-state index is 2.40. The number of thiophene rings is 2. The van der Waals surface area contributed by atoms with Crippen LogP contribution in [0.1, 0.15) is 0 Å². The quantitative estimate of drug-likeness (QED) is 0.163. The fourth-order valence-corrected chi connectivity index (χ4v) is 9.74. The number of rotatable bonds is 7. The summed E-state index contributed by atoms with van der Waals surface area (Å²) in [5.41, 5.74) is 9.07. The van der Waals surface area contributed by atoms with Crippen LogP contribution in [-0.2, 0) is 0 Å². The Bertz CT molecular complexity index is 2870. The van der Waals surface area contributed by atoms with Crippen LogP contribution in [-0.4, -0.2) is 0 Å². The molecule has 2 aromatic heterocycles. The molecule has 4 heteroatoms. The van der Waals surface area contributed by atoms with Crippen LogP contribution in [0, 0.1) is 0 Å². The largest absolute Gasteiger partial charge is 0.310 e. The van der Waals surface area contributed by atoms with Gasteiger partial charge in [0, 0.05) is 74.3 Å². The molecule has 10 aromatic rings. The summed E-state index contributed by atoms with van der Waals surface area (Å²) in [6, 6.07) is 70.4. The average Bonchev–Trinajstić information content (AvgIpc) is 3.77. The highest BCUT2D eigenvalue weighted by atomic mass is 32.1. The van der Waals surface area contributed by atoms with Crippen molar-refractivity contribution >= 4 is 97.1 Å². The Labute approximate surface area is 310 Å². The molecule has 246 valence electrons. The summed E-state index contributed by atoms with van der Waals surface area (Å²) < 4.78 is 5.20. The van der Waals surface area contributed by atoms with Crippen molar-refractivity contribution in [3.8, 4) is 11.1 Å². The van der Waals surface area contributed by atoms with Gasteiger partial charge >= 0.3 is 0 Å². The first kappa shape index (κ1) is 30.6. The van der Waals surface area contributed by atoms with Crippen molar-refractivity contribution in [2.24, 2.45) is 0 Å². The molecule has 2 nitrogen and oxygen atoms in total. The van der Waals surface area contributed by atoms with Gasteiger partial charge in [-0.25, -0.2) is 0 Å². The van der Waals surface area contributed by atoms with Gasteiger partial charge in [-0.15, -0.1) is 22.7 Å². The van der Waals surface area contributed by atoms with Gasteiger partial charge in [0.2, 0.25) is 0 Å². The lowest BCUT2D eigenvalue weighted by atomic mass is 10.0. The summed E-state index contributed by atoms with van der Waals surface area (Å²) in [5.74, 6) is 0. The molecule has 0 aliphatic carbocycles. The molecule has 0 aliphatic rings. The van der Waals surface area contributed by atoms with Crippen LogP contribution in [0.2, 0.25) is 0 Å². The van der Waals surface area contributed by atoms with E-state index in [-0.39, 0.29) is 0 Å². The first-order valence-corrected chi connectivity index (χ1v) is 19.1. The lowest BCUT2D eigenvalue weighted by Crippen LogP contribution is -2.11. The van der Waals surface area contributed by atoms with Crippen LogP contribution in [0.3, 0.4) is 0 Å². The van der Waals surface area contributed by atoms with Crippen molar-refractivity contribution < 1.29 is 0 Å². The molecule has 0 atom stereocenters. The summed E-state index contributed by atoms with van der Waals surface area (Å²) >= 11 is 3.71. The molecule has 0 saturated heterocycles. The third-order valence-electron chi connectivity index (χ3n) is 9.83. The van der Waals surface area contributed by atoms with Gasteiger partial charge in [-0.1, -0.05) is 115 Å². The zero-order valence-electron chi connectivity index (χ0n) is 28.2. The minimum absolute atomic E-state index is 1.11. The Morgan fingerprint density at radius 3 is 1.38 bits per heavy atom. The standard InChI is InChI=1S/C48H32N2S2/c1-3-15-34(16-4-1)49(37-26-28-42-40-21-8-11-24-45(40)51-47(42)31-37)36-19-13-14-33(30-36)39-20-7-10-23-44(39)50(35-17-5-2-6-18-35)38-27-29-43-41-22-9-12-25-46(41)52-48(43)32-38/h1-32H. The number of benzene rings is 8. The van der Waals surface area contributed by atoms with E-state index >= 15 is 0 Å². The normalized spacial score (nSPS) is 11.5. The number of hydrogen-bond acceptors (Lipinski definition) is 4. The molecule has 0 unspecified atom stereocenters. The van der Waals surface area contributed by atoms with Crippen molar-refractivity contribution in [3.63, 3.8) is 0 Å². The monoisotopic (exact) mass is 700 g/mol. The van der Waals surface area contributed by atoms with Crippen molar-refractivity contribution in [2.75, 3.05) is 9.80 Å². The Balaban J connectivity index is 1.12. The second-order valence-electron chi connectivity index (χ2n) is 13.0. The highest BCUT2D eigenvalue weighted by Gasteiger charge is 2.20. The van der Waals surface area contributed by atoms with Crippen molar-refractivity contribution in [2.45, 2.75) is 0 Å². The topological polar surface area (TPSA) is 6.48 Å². The molecular formula is C48H32N2S2. The van der Waals surface area contributed by atoms with Crippen LogP contribution in [0.15, 0.2) is 194 Å². The van der Waals surface area contributed by atoms with Gasteiger partial charge < -0.3 is 9.80 Å². The van der Waals surface area contributed by atoms with E-state index in [0.717, 1.165) is 45.3 Å². The molecule has 0 spiro atoms. The Morgan fingerprint density at radius 1 is 0.288 bits per heavy atom. The summed E-state index contributed by atoms with van der Waals surface area (Å²) in [5, 5.41) is 5.23. The molecule has 52 heavy (non-hydrogen) atoms. The van der Waals surface area contributed by atoms with Gasteiger partial charge in [-0.05, 0) is 84.4 Å². The number of para-hydroxylation sites is 3. The predicted molar refractivity (Wildman–Crippen MR) is 227 cm³/mol. The molecule has 0 radical (unpaired) electrons. The average molecular weight is 701 g/mol. The minimum Gasteiger partial charge on any atom is -0.310 e. The highest BCUT2D eigenvalue weighted by molar-refractivity contribution is 7.26. The van der Waals surface area contributed by atoms with Crippen LogP contribution >= 0.6 is 22.7 Å². The van der Waals surface area contributed by atoms with Crippen LogP contribution in [0.4, 0.5) is 34.1 Å². The molecule has 2 heterocycles. The van der Waals surface area contributed by atoms with Gasteiger partial charge in [0.25, 0.3) is 0 Å². The Hall–Kier alpha value is -6.20. The first-order chi connectivity index (χ1) is 25.8. The molecule has 0 N–H and O–H groups in total. The van der Waals surface area contributed by atoms with Gasteiger partial charge in [0.05, 0.1) is 5.69 Å². The second-order valence-corrected chi connectivity index (χ2v) is 15.1. The fourth-order valence-electron chi connectivity index (χ4n) is 7.46. The lowest BCUT2D eigenvalue weighted by molar-refractivity contribution is 1.28. The Morgan fingerprint density at radius 2 is 0.750 bits per heavy atom. The maximum Gasteiger partial charge on any atom is 0.0540 e. The van der Waals surface area contributed by atoms with Gasteiger partial charge in [-0.3, -0.25) is 0 Å². The van der Waals surface area contributed by atoms with Crippen molar-refractivity contribution in [1.82, 2.24) is 0 Å². The smallest absolute Gasteiger partial charge is 0.0540 e. The van der Waals surface area contributed by atoms with E-state index in [9.17, 15) is 0 Å². The summed E-state index contributed by atoms with van der Waals surface area (Å²) in [6.45, 7) is 0. The van der Waals surface area contributed by atoms with Crippen molar-refractivity contribution in [1.29, 1.82) is 0 Å². The second kappa shape index (κ2) is 12.8. The van der Waals surface area contributed by atoms with Gasteiger partial charge in [0.15, 0.2) is 0 Å². The summed E-state index contributed by atoms with van der Waals surface area (Å²) in [7, 11) is 0. The van der Waals surface area contributed by atoms with E-state index < -0.39 is 0 Å². The third kappa shape index (κ3) is 5.32. The lowest BCUT2D eigenvalue weighted by Gasteiger charge is -2.29. The number of nitrogens with zero attached hydrogens (tertiary/aromatic N) is 2. The number of hydrogen-bond donors (Lipinski definition) is 0. The number of fused-ring (bicyclic) bond motifs is 6.